The van der Waals surface area contributed by atoms with Gasteiger partial charge in [-0.05, 0) is 62.3 Å². The van der Waals surface area contributed by atoms with Gasteiger partial charge >= 0.3 is 0 Å². The normalized spacial score (nSPS) is 20.9. The highest BCUT2D eigenvalue weighted by Crippen LogP contribution is 2.29. The zero-order valence-corrected chi connectivity index (χ0v) is 17.5. The van der Waals surface area contributed by atoms with Crippen LogP contribution in [0.5, 0.6) is 0 Å². The summed E-state index contributed by atoms with van der Waals surface area (Å²) in [5, 5.41) is 2.95. The number of hydrogen-bond acceptors (Lipinski definition) is 4. The first-order valence-corrected chi connectivity index (χ1v) is 10.5. The molecule has 2 heterocycles. The third-order valence-corrected chi connectivity index (χ3v) is 6.12. The number of benzene rings is 2. The van der Waals surface area contributed by atoms with Crippen molar-refractivity contribution in [1.82, 2.24) is 4.90 Å². The summed E-state index contributed by atoms with van der Waals surface area (Å²) in [4.78, 5) is 41.3. The molecular formula is C22H22BrN3O3. The number of nitrogens with zero attached hydrogens (tertiary/aromatic N) is 2. The number of hydrogen-bond donors (Lipinski definition) is 1. The van der Waals surface area contributed by atoms with E-state index < -0.39 is 6.04 Å². The minimum absolute atomic E-state index is 0.0150. The van der Waals surface area contributed by atoms with Crippen LogP contribution < -0.4 is 10.2 Å². The first kappa shape index (κ1) is 19.8. The van der Waals surface area contributed by atoms with Crippen LogP contribution in [-0.4, -0.2) is 41.8 Å². The van der Waals surface area contributed by atoms with Crippen molar-refractivity contribution >= 4 is 45.0 Å². The molecule has 0 spiro atoms. The van der Waals surface area contributed by atoms with Crippen LogP contribution in [0.4, 0.5) is 11.4 Å². The van der Waals surface area contributed by atoms with Gasteiger partial charge in [-0.1, -0.05) is 34.1 Å². The maximum Gasteiger partial charge on any atom is 0.251 e. The average molecular weight is 456 g/mol. The van der Waals surface area contributed by atoms with Crippen LogP contribution in [0.2, 0.25) is 0 Å². The second-order valence-electron chi connectivity index (χ2n) is 7.43. The van der Waals surface area contributed by atoms with Gasteiger partial charge in [0.05, 0.1) is 18.2 Å². The first-order chi connectivity index (χ1) is 14.0. The maximum absolute atomic E-state index is 12.9. The Morgan fingerprint density at radius 2 is 1.62 bits per heavy atom. The molecule has 2 fully saturated rings. The molecule has 1 unspecified atom stereocenters. The minimum atomic E-state index is -0.440. The zero-order chi connectivity index (χ0) is 20.4. The molecule has 0 aliphatic carbocycles. The Labute approximate surface area is 178 Å². The molecule has 6 nitrogen and oxygen atoms in total. The van der Waals surface area contributed by atoms with Gasteiger partial charge in [0.25, 0.3) is 5.91 Å². The lowest BCUT2D eigenvalue weighted by molar-refractivity contribution is -0.123. The molecule has 0 bridgehead atoms. The molecule has 4 rings (SSSR count). The van der Waals surface area contributed by atoms with E-state index in [-0.39, 0.29) is 30.1 Å². The number of halogens is 1. The molecule has 2 aromatic carbocycles. The van der Waals surface area contributed by atoms with E-state index in [0.29, 0.717) is 31.6 Å². The van der Waals surface area contributed by atoms with Crippen LogP contribution in [0.15, 0.2) is 59.1 Å². The summed E-state index contributed by atoms with van der Waals surface area (Å²) < 4.78 is 0.896. The smallest absolute Gasteiger partial charge is 0.251 e. The SMILES string of the molecule is O=C(Nc1ccccc1)C1CCN(C2CC(=O)N(c3ccc(Br)cc3)C2=O)CC1. The molecule has 2 saturated heterocycles. The van der Waals surface area contributed by atoms with Gasteiger partial charge < -0.3 is 5.32 Å². The Hall–Kier alpha value is -2.51. The minimum Gasteiger partial charge on any atom is -0.326 e. The van der Waals surface area contributed by atoms with Crippen LogP contribution in [0.25, 0.3) is 0 Å². The molecule has 2 aliphatic rings. The van der Waals surface area contributed by atoms with Crippen molar-refractivity contribution < 1.29 is 14.4 Å². The fourth-order valence-corrected chi connectivity index (χ4v) is 4.27. The van der Waals surface area contributed by atoms with Crippen molar-refractivity contribution in [2.24, 2.45) is 5.92 Å². The second kappa shape index (κ2) is 8.47. The molecule has 0 saturated carbocycles. The summed E-state index contributed by atoms with van der Waals surface area (Å²) in [6, 6.07) is 16.1. The lowest BCUT2D eigenvalue weighted by Crippen LogP contribution is -2.47. The van der Waals surface area contributed by atoms with Crippen LogP contribution in [-0.2, 0) is 14.4 Å². The quantitative estimate of drug-likeness (QED) is 0.716. The third kappa shape index (κ3) is 4.26. The van der Waals surface area contributed by atoms with Crippen molar-refractivity contribution in [2.75, 3.05) is 23.3 Å². The predicted molar refractivity (Wildman–Crippen MR) is 114 cm³/mol. The van der Waals surface area contributed by atoms with Gasteiger partial charge in [0.1, 0.15) is 0 Å². The van der Waals surface area contributed by atoms with Crippen molar-refractivity contribution in [1.29, 1.82) is 0 Å². The third-order valence-electron chi connectivity index (χ3n) is 5.59. The standard InChI is InChI=1S/C22H22BrN3O3/c23-16-6-8-18(9-7-16)26-20(27)14-19(22(26)29)25-12-10-15(11-13-25)21(28)24-17-4-2-1-3-5-17/h1-9,15,19H,10-14H2,(H,24,28). The van der Waals surface area contributed by atoms with Gasteiger partial charge in [-0.15, -0.1) is 0 Å². The number of imide groups is 1. The van der Waals surface area contributed by atoms with Gasteiger partial charge in [0, 0.05) is 16.1 Å². The second-order valence-corrected chi connectivity index (χ2v) is 8.34. The number of amides is 3. The number of carbonyl (C=O) groups excluding carboxylic acids is 3. The number of nitrogens with one attached hydrogen (secondary N) is 1. The van der Waals surface area contributed by atoms with E-state index in [1.165, 1.54) is 4.90 Å². The average Bonchev–Trinajstić information content (AvgIpc) is 3.04. The lowest BCUT2D eigenvalue weighted by Gasteiger charge is -2.34. The molecular weight excluding hydrogens is 434 g/mol. The number of rotatable bonds is 4. The van der Waals surface area contributed by atoms with E-state index in [1.807, 2.05) is 47.4 Å². The zero-order valence-electron chi connectivity index (χ0n) is 15.9. The highest BCUT2D eigenvalue weighted by Gasteiger charge is 2.43. The number of para-hydroxylation sites is 1. The highest BCUT2D eigenvalue weighted by atomic mass is 79.9. The molecule has 1 atom stereocenters. The Bertz CT molecular complexity index is 909. The summed E-state index contributed by atoms with van der Waals surface area (Å²) in [5.41, 5.74) is 1.39. The van der Waals surface area contributed by atoms with Gasteiger partial charge in [0.2, 0.25) is 11.8 Å². The summed E-state index contributed by atoms with van der Waals surface area (Å²) in [5.74, 6) is -0.418. The Morgan fingerprint density at radius 1 is 0.966 bits per heavy atom. The van der Waals surface area contributed by atoms with Crippen LogP contribution in [0, 0.1) is 5.92 Å². The fraction of sp³-hybridized carbons (Fsp3) is 0.318. The number of piperidine rings is 1. The largest absolute Gasteiger partial charge is 0.326 e. The highest BCUT2D eigenvalue weighted by molar-refractivity contribution is 9.10. The molecule has 2 aliphatic heterocycles. The fourth-order valence-electron chi connectivity index (χ4n) is 4.00. The summed E-state index contributed by atoms with van der Waals surface area (Å²) in [6.07, 6.45) is 1.54. The summed E-state index contributed by atoms with van der Waals surface area (Å²) in [6.45, 7) is 1.26. The molecule has 0 radical (unpaired) electrons. The van der Waals surface area contributed by atoms with E-state index in [1.54, 1.807) is 12.1 Å². The Morgan fingerprint density at radius 3 is 2.28 bits per heavy atom. The molecule has 3 amide bonds. The first-order valence-electron chi connectivity index (χ1n) is 9.75. The van der Waals surface area contributed by atoms with Crippen LogP contribution >= 0.6 is 15.9 Å². The van der Waals surface area contributed by atoms with E-state index in [9.17, 15) is 14.4 Å². The molecule has 2 aromatic rings. The molecule has 0 aromatic heterocycles. The number of carbonyl (C=O) groups is 3. The molecule has 1 N–H and O–H groups in total. The number of likely N-dealkylation sites (tertiary alicyclic amines) is 1. The van der Waals surface area contributed by atoms with Crippen LogP contribution in [0.3, 0.4) is 0 Å². The van der Waals surface area contributed by atoms with Gasteiger partial charge in [0.15, 0.2) is 0 Å². The monoisotopic (exact) mass is 455 g/mol. The van der Waals surface area contributed by atoms with Gasteiger partial charge in [-0.25, -0.2) is 4.90 Å². The number of anilines is 2. The van der Waals surface area contributed by atoms with Crippen molar-refractivity contribution in [3.05, 3.63) is 59.1 Å². The predicted octanol–water partition coefficient (Wildman–Crippen LogP) is 3.43. The summed E-state index contributed by atoms with van der Waals surface area (Å²) in [7, 11) is 0. The van der Waals surface area contributed by atoms with Gasteiger partial charge in [-0.3, -0.25) is 19.3 Å². The van der Waals surface area contributed by atoms with Crippen molar-refractivity contribution in [3.8, 4) is 0 Å². The van der Waals surface area contributed by atoms with Crippen molar-refractivity contribution in [3.63, 3.8) is 0 Å². The van der Waals surface area contributed by atoms with E-state index >= 15 is 0 Å². The van der Waals surface area contributed by atoms with E-state index in [2.05, 4.69) is 21.2 Å². The van der Waals surface area contributed by atoms with Crippen LogP contribution in [0.1, 0.15) is 19.3 Å². The van der Waals surface area contributed by atoms with E-state index in [0.717, 1.165) is 10.2 Å². The van der Waals surface area contributed by atoms with E-state index in [4.69, 9.17) is 0 Å². The lowest BCUT2D eigenvalue weighted by atomic mass is 9.94. The Kier molecular flexibility index (Phi) is 5.78. The Balaban J connectivity index is 1.36. The van der Waals surface area contributed by atoms with Crippen molar-refractivity contribution in [2.45, 2.75) is 25.3 Å². The van der Waals surface area contributed by atoms with Gasteiger partial charge in [-0.2, -0.15) is 0 Å². The summed E-state index contributed by atoms with van der Waals surface area (Å²) >= 11 is 3.37. The molecule has 150 valence electrons. The molecule has 7 heteroatoms. The topological polar surface area (TPSA) is 69.7 Å². The maximum atomic E-state index is 12.9. The molecule has 29 heavy (non-hydrogen) atoms.